The fourth-order valence-electron chi connectivity index (χ4n) is 0.401. The molecule has 0 aromatic carbocycles. The van der Waals surface area contributed by atoms with Crippen LogP contribution >= 0.6 is 11.6 Å². The van der Waals surface area contributed by atoms with E-state index in [1.807, 2.05) is 7.05 Å². The standard InChI is InChI=1S/C5H10ClNO2/c1-7-3-2-4-9-5(6)8/h7H,2-4H2,1H3. The minimum Gasteiger partial charge on any atom is -0.454 e. The molecule has 54 valence electrons. The zero-order valence-corrected chi connectivity index (χ0v) is 6.07. The van der Waals surface area contributed by atoms with E-state index in [1.54, 1.807) is 0 Å². The number of rotatable bonds is 4. The Morgan fingerprint density at radius 3 is 2.89 bits per heavy atom. The molecule has 0 aromatic rings. The molecule has 0 amide bonds. The van der Waals surface area contributed by atoms with Crippen LogP contribution in [0.3, 0.4) is 0 Å². The van der Waals surface area contributed by atoms with Gasteiger partial charge in [-0.15, -0.1) is 0 Å². The predicted molar refractivity (Wildman–Crippen MR) is 35.7 cm³/mol. The van der Waals surface area contributed by atoms with Crippen molar-refractivity contribution in [2.24, 2.45) is 0 Å². The molecular weight excluding hydrogens is 142 g/mol. The van der Waals surface area contributed by atoms with Crippen LogP contribution in [0.4, 0.5) is 4.79 Å². The van der Waals surface area contributed by atoms with Crippen LogP contribution in [0.25, 0.3) is 0 Å². The predicted octanol–water partition coefficient (Wildman–Crippen LogP) is 0.971. The maximum Gasteiger partial charge on any atom is 0.403 e. The first-order chi connectivity index (χ1) is 4.27. The van der Waals surface area contributed by atoms with Crippen LogP contribution in [0.5, 0.6) is 0 Å². The molecule has 0 fully saturated rings. The average Bonchev–Trinajstić information content (AvgIpc) is 1.80. The normalized spacial score (nSPS) is 9.11. The Kier molecular flexibility index (Phi) is 5.67. The van der Waals surface area contributed by atoms with Gasteiger partial charge in [0.2, 0.25) is 0 Å². The average molecular weight is 152 g/mol. The van der Waals surface area contributed by atoms with E-state index >= 15 is 0 Å². The van der Waals surface area contributed by atoms with E-state index in [4.69, 9.17) is 11.6 Å². The molecule has 0 saturated carbocycles. The van der Waals surface area contributed by atoms with Crippen LogP contribution < -0.4 is 5.32 Å². The first-order valence-corrected chi connectivity index (χ1v) is 3.12. The molecule has 0 radical (unpaired) electrons. The van der Waals surface area contributed by atoms with Crippen molar-refractivity contribution in [1.82, 2.24) is 5.32 Å². The van der Waals surface area contributed by atoms with E-state index in [9.17, 15) is 4.79 Å². The van der Waals surface area contributed by atoms with Crippen LogP contribution in [0.2, 0.25) is 0 Å². The molecule has 0 saturated heterocycles. The van der Waals surface area contributed by atoms with Gasteiger partial charge in [0, 0.05) is 11.6 Å². The summed E-state index contributed by atoms with van der Waals surface area (Å²) >= 11 is 4.88. The third-order valence-electron chi connectivity index (χ3n) is 0.787. The van der Waals surface area contributed by atoms with Gasteiger partial charge in [-0.25, -0.2) is 4.79 Å². The van der Waals surface area contributed by atoms with Crippen molar-refractivity contribution >= 4 is 17.0 Å². The largest absolute Gasteiger partial charge is 0.454 e. The van der Waals surface area contributed by atoms with E-state index in [0.29, 0.717) is 6.61 Å². The van der Waals surface area contributed by atoms with Crippen molar-refractivity contribution in [2.75, 3.05) is 20.2 Å². The molecule has 0 bridgehead atoms. The number of hydrogen-bond donors (Lipinski definition) is 1. The smallest absolute Gasteiger partial charge is 0.403 e. The highest BCUT2D eigenvalue weighted by molar-refractivity contribution is 6.61. The van der Waals surface area contributed by atoms with Gasteiger partial charge < -0.3 is 10.1 Å². The number of carbonyl (C=O) groups is 1. The maximum absolute atomic E-state index is 9.93. The van der Waals surface area contributed by atoms with Crippen molar-refractivity contribution in [3.63, 3.8) is 0 Å². The first-order valence-electron chi connectivity index (χ1n) is 2.74. The van der Waals surface area contributed by atoms with E-state index in [0.717, 1.165) is 13.0 Å². The molecule has 1 N–H and O–H groups in total. The van der Waals surface area contributed by atoms with Gasteiger partial charge in [0.1, 0.15) is 0 Å². The van der Waals surface area contributed by atoms with Crippen LogP contribution in [-0.4, -0.2) is 25.6 Å². The van der Waals surface area contributed by atoms with Gasteiger partial charge >= 0.3 is 5.43 Å². The molecule has 0 aromatic heterocycles. The molecule has 0 rings (SSSR count). The van der Waals surface area contributed by atoms with Gasteiger partial charge in [-0.2, -0.15) is 0 Å². The summed E-state index contributed by atoms with van der Waals surface area (Å²) in [6.45, 7) is 1.23. The molecule has 0 aliphatic carbocycles. The number of carbonyl (C=O) groups excluding carboxylic acids is 1. The molecule has 0 heterocycles. The minimum absolute atomic E-state index is 0.392. The minimum atomic E-state index is -0.730. The van der Waals surface area contributed by atoms with Gasteiger partial charge in [-0.3, -0.25) is 0 Å². The first kappa shape index (κ1) is 8.72. The van der Waals surface area contributed by atoms with E-state index in [2.05, 4.69) is 10.1 Å². The molecule has 0 aliphatic heterocycles. The van der Waals surface area contributed by atoms with Crippen molar-refractivity contribution in [2.45, 2.75) is 6.42 Å². The Hall–Kier alpha value is -0.280. The number of halogens is 1. The van der Waals surface area contributed by atoms with Crippen molar-refractivity contribution in [1.29, 1.82) is 0 Å². The summed E-state index contributed by atoms with van der Waals surface area (Å²) in [5.41, 5.74) is -0.730. The van der Waals surface area contributed by atoms with Crippen LogP contribution in [0, 0.1) is 0 Å². The van der Waals surface area contributed by atoms with Crippen LogP contribution in [0.15, 0.2) is 0 Å². The lowest BCUT2D eigenvalue weighted by atomic mass is 10.5. The molecule has 0 aliphatic rings. The maximum atomic E-state index is 9.93. The molecule has 0 spiro atoms. The second kappa shape index (κ2) is 5.85. The summed E-state index contributed by atoms with van der Waals surface area (Å²) in [4.78, 5) is 9.93. The fourth-order valence-corrected chi connectivity index (χ4v) is 0.479. The Bertz CT molecular complexity index is 87.0. The molecule has 9 heavy (non-hydrogen) atoms. The van der Waals surface area contributed by atoms with Crippen molar-refractivity contribution in [3.8, 4) is 0 Å². The fraction of sp³-hybridized carbons (Fsp3) is 0.800. The number of hydrogen-bond acceptors (Lipinski definition) is 3. The Morgan fingerprint density at radius 2 is 2.44 bits per heavy atom. The zero-order chi connectivity index (χ0) is 7.11. The third-order valence-corrected chi connectivity index (χ3v) is 0.896. The van der Waals surface area contributed by atoms with Crippen LogP contribution in [0.1, 0.15) is 6.42 Å². The monoisotopic (exact) mass is 151 g/mol. The van der Waals surface area contributed by atoms with E-state index < -0.39 is 5.43 Å². The third kappa shape index (κ3) is 7.72. The van der Waals surface area contributed by atoms with E-state index in [1.165, 1.54) is 0 Å². The highest BCUT2D eigenvalue weighted by Crippen LogP contribution is 1.87. The lowest BCUT2D eigenvalue weighted by molar-refractivity contribution is 0.172. The SMILES string of the molecule is CNCCCOC(=O)Cl. The summed E-state index contributed by atoms with van der Waals surface area (Å²) in [6.07, 6.45) is 0.801. The molecule has 3 nitrogen and oxygen atoms in total. The van der Waals surface area contributed by atoms with Crippen molar-refractivity contribution in [3.05, 3.63) is 0 Å². The topological polar surface area (TPSA) is 38.3 Å². The second-order valence-corrected chi connectivity index (χ2v) is 1.85. The van der Waals surface area contributed by atoms with Gasteiger partial charge in [0.25, 0.3) is 0 Å². The van der Waals surface area contributed by atoms with Crippen LogP contribution in [-0.2, 0) is 4.74 Å². The van der Waals surface area contributed by atoms with Crippen molar-refractivity contribution < 1.29 is 9.53 Å². The van der Waals surface area contributed by atoms with Gasteiger partial charge in [-0.05, 0) is 20.0 Å². The summed E-state index contributed by atoms with van der Waals surface area (Å²) in [5, 5.41) is 2.91. The molecule has 4 heteroatoms. The Labute approximate surface area is 59.3 Å². The summed E-state index contributed by atoms with van der Waals surface area (Å²) in [5.74, 6) is 0. The van der Waals surface area contributed by atoms with E-state index in [-0.39, 0.29) is 0 Å². The number of ether oxygens (including phenoxy) is 1. The second-order valence-electron chi connectivity index (χ2n) is 1.54. The Morgan fingerprint density at radius 1 is 1.78 bits per heavy atom. The quantitative estimate of drug-likeness (QED) is 0.481. The highest BCUT2D eigenvalue weighted by Gasteiger charge is 1.92. The highest BCUT2D eigenvalue weighted by atomic mass is 35.5. The van der Waals surface area contributed by atoms with Gasteiger partial charge in [0.15, 0.2) is 0 Å². The molecule has 0 atom stereocenters. The number of nitrogens with one attached hydrogen (secondary N) is 1. The Balaban J connectivity index is 2.83. The zero-order valence-electron chi connectivity index (χ0n) is 5.32. The summed E-state index contributed by atoms with van der Waals surface area (Å²) in [6, 6.07) is 0. The lowest BCUT2D eigenvalue weighted by Gasteiger charge is -1.97. The summed E-state index contributed by atoms with van der Waals surface area (Å²) in [7, 11) is 1.84. The molecular formula is C5H10ClNO2. The van der Waals surface area contributed by atoms with Gasteiger partial charge in [-0.1, -0.05) is 0 Å². The lowest BCUT2D eigenvalue weighted by Crippen LogP contribution is -2.10. The van der Waals surface area contributed by atoms with Gasteiger partial charge in [0.05, 0.1) is 6.61 Å². The molecule has 0 unspecified atom stereocenters. The summed E-state index contributed by atoms with van der Waals surface area (Å²) < 4.78 is 4.43.